The highest BCUT2D eigenvalue weighted by molar-refractivity contribution is 5.82. The Kier molecular flexibility index (Phi) is 2.98. The van der Waals surface area contributed by atoms with Crippen molar-refractivity contribution >= 4 is 5.97 Å². The summed E-state index contributed by atoms with van der Waals surface area (Å²) in [4.78, 5) is 11.7. The zero-order valence-electron chi connectivity index (χ0n) is 10.8. The highest BCUT2D eigenvalue weighted by atomic mass is 16.4. The first kappa shape index (κ1) is 12.1. The van der Waals surface area contributed by atoms with Gasteiger partial charge in [-0.3, -0.25) is 9.48 Å². The number of carboxylic acid groups (broad SMARTS) is 1. The molecule has 0 aromatic carbocycles. The van der Waals surface area contributed by atoms with E-state index in [9.17, 15) is 9.90 Å². The molecule has 1 aromatic rings. The maximum atomic E-state index is 11.7. The van der Waals surface area contributed by atoms with Gasteiger partial charge in [0.05, 0.1) is 11.1 Å². The number of carboxylic acids is 1. The van der Waals surface area contributed by atoms with E-state index in [1.54, 1.807) is 0 Å². The third-order valence-electron chi connectivity index (χ3n) is 4.03. The second-order valence-corrected chi connectivity index (χ2v) is 4.96. The molecule has 17 heavy (non-hydrogen) atoms. The Balaban J connectivity index is 2.58. The monoisotopic (exact) mass is 236 g/mol. The minimum atomic E-state index is -0.683. The van der Waals surface area contributed by atoms with E-state index in [1.165, 1.54) is 0 Å². The highest BCUT2D eigenvalue weighted by Gasteiger charge is 2.46. The quantitative estimate of drug-likeness (QED) is 0.876. The summed E-state index contributed by atoms with van der Waals surface area (Å²) in [6.07, 6.45) is 3.50. The number of rotatable bonds is 3. The molecule has 0 atom stereocenters. The lowest BCUT2D eigenvalue weighted by atomic mass is 9.77. The van der Waals surface area contributed by atoms with Crippen LogP contribution >= 0.6 is 0 Å². The van der Waals surface area contributed by atoms with Crippen molar-refractivity contribution < 1.29 is 9.90 Å². The molecule has 94 valence electrons. The molecule has 1 aromatic heterocycles. The molecule has 4 heteroatoms. The third kappa shape index (κ3) is 1.66. The summed E-state index contributed by atoms with van der Waals surface area (Å²) in [7, 11) is 0. The second-order valence-electron chi connectivity index (χ2n) is 4.96. The molecule has 0 bridgehead atoms. The molecule has 2 rings (SSSR count). The van der Waals surface area contributed by atoms with Gasteiger partial charge < -0.3 is 5.11 Å². The molecule has 0 radical (unpaired) electrons. The fraction of sp³-hybridized carbons (Fsp3) is 0.692. The average Bonchev–Trinajstić information content (AvgIpc) is 2.84. The molecular weight excluding hydrogens is 216 g/mol. The predicted molar refractivity (Wildman–Crippen MR) is 65.2 cm³/mol. The molecule has 1 heterocycles. The van der Waals surface area contributed by atoms with Crippen LogP contribution in [-0.2, 0) is 16.8 Å². The zero-order chi connectivity index (χ0) is 12.6. The van der Waals surface area contributed by atoms with Crippen LogP contribution in [0.5, 0.6) is 0 Å². The molecule has 0 saturated heterocycles. The van der Waals surface area contributed by atoms with Crippen LogP contribution in [0.4, 0.5) is 0 Å². The minimum Gasteiger partial charge on any atom is -0.481 e. The number of hydrogen-bond acceptors (Lipinski definition) is 2. The van der Waals surface area contributed by atoms with Gasteiger partial charge in [0.1, 0.15) is 0 Å². The van der Waals surface area contributed by atoms with E-state index in [4.69, 9.17) is 0 Å². The standard InChI is InChI=1S/C13H20N2O2/c1-4-15-10(3)11(9(2)14-15)13(12(16)17)7-5-6-8-13/h4-8H2,1-3H3,(H,16,17). The number of carbonyl (C=O) groups is 1. The Labute approximate surface area is 102 Å². The first-order chi connectivity index (χ1) is 8.03. The van der Waals surface area contributed by atoms with Gasteiger partial charge in [0, 0.05) is 17.8 Å². The summed E-state index contributed by atoms with van der Waals surface area (Å²) in [6.45, 7) is 6.74. The van der Waals surface area contributed by atoms with Crippen LogP contribution in [-0.4, -0.2) is 20.9 Å². The molecule has 0 spiro atoms. The minimum absolute atomic E-state index is 0.679. The number of hydrogen-bond donors (Lipinski definition) is 1. The molecular formula is C13H20N2O2. The van der Waals surface area contributed by atoms with Gasteiger partial charge in [-0.25, -0.2) is 0 Å². The molecule has 1 aliphatic rings. The van der Waals surface area contributed by atoms with Crippen LogP contribution in [0.15, 0.2) is 0 Å². The van der Waals surface area contributed by atoms with Crippen LogP contribution in [0.1, 0.15) is 49.6 Å². The first-order valence-corrected chi connectivity index (χ1v) is 6.31. The number of aryl methyl sites for hydroxylation is 2. The molecule has 4 nitrogen and oxygen atoms in total. The van der Waals surface area contributed by atoms with Gasteiger partial charge in [0.2, 0.25) is 0 Å². The summed E-state index contributed by atoms with van der Waals surface area (Å²) >= 11 is 0. The summed E-state index contributed by atoms with van der Waals surface area (Å²) in [5.41, 5.74) is 2.19. The van der Waals surface area contributed by atoms with Gasteiger partial charge in [-0.15, -0.1) is 0 Å². The van der Waals surface area contributed by atoms with Crippen molar-refractivity contribution in [3.05, 3.63) is 17.0 Å². The Morgan fingerprint density at radius 3 is 2.41 bits per heavy atom. The predicted octanol–water partition coefficient (Wildman–Crippen LogP) is 2.42. The summed E-state index contributed by atoms with van der Waals surface area (Å²) in [5.74, 6) is -0.683. The van der Waals surface area contributed by atoms with Gasteiger partial charge >= 0.3 is 5.97 Å². The lowest BCUT2D eigenvalue weighted by Crippen LogP contribution is -2.33. The first-order valence-electron chi connectivity index (χ1n) is 6.31. The molecule has 0 aliphatic heterocycles. The summed E-state index contributed by atoms with van der Waals surface area (Å²) in [6, 6.07) is 0. The van der Waals surface area contributed by atoms with Crippen molar-refractivity contribution in [2.75, 3.05) is 0 Å². The van der Waals surface area contributed by atoms with Crippen LogP contribution in [0.3, 0.4) is 0 Å². The van der Waals surface area contributed by atoms with Crippen molar-refractivity contribution in [3.8, 4) is 0 Å². The SMILES string of the molecule is CCn1nc(C)c(C2(C(=O)O)CCCC2)c1C. The summed E-state index contributed by atoms with van der Waals surface area (Å²) in [5, 5.41) is 14.1. The van der Waals surface area contributed by atoms with E-state index < -0.39 is 11.4 Å². The second kappa shape index (κ2) is 4.17. The van der Waals surface area contributed by atoms with Crippen LogP contribution in [0.25, 0.3) is 0 Å². The van der Waals surface area contributed by atoms with E-state index in [0.29, 0.717) is 0 Å². The lowest BCUT2D eigenvalue weighted by molar-refractivity contribution is -0.143. The van der Waals surface area contributed by atoms with Crippen molar-refractivity contribution in [1.29, 1.82) is 0 Å². The highest BCUT2D eigenvalue weighted by Crippen LogP contribution is 2.43. The molecule has 1 saturated carbocycles. The van der Waals surface area contributed by atoms with Gasteiger partial charge in [0.15, 0.2) is 0 Å². The van der Waals surface area contributed by atoms with E-state index in [1.807, 2.05) is 25.5 Å². The lowest BCUT2D eigenvalue weighted by Gasteiger charge is -2.24. The molecule has 1 fully saturated rings. The Bertz CT molecular complexity index is 443. The Hall–Kier alpha value is -1.32. The van der Waals surface area contributed by atoms with Gasteiger partial charge in [-0.05, 0) is 33.6 Å². The topological polar surface area (TPSA) is 55.1 Å². The smallest absolute Gasteiger partial charge is 0.314 e. The van der Waals surface area contributed by atoms with E-state index in [-0.39, 0.29) is 0 Å². The normalized spacial score (nSPS) is 18.5. The van der Waals surface area contributed by atoms with Gasteiger partial charge in [-0.1, -0.05) is 12.8 Å². The van der Waals surface area contributed by atoms with Crippen molar-refractivity contribution in [3.63, 3.8) is 0 Å². The Morgan fingerprint density at radius 1 is 1.41 bits per heavy atom. The molecule has 1 aliphatic carbocycles. The third-order valence-corrected chi connectivity index (χ3v) is 4.03. The van der Waals surface area contributed by atoms with Crippen LogP contribution in [0, 0.1) is 13.8 Å². The van der Waals surface area contributed by atoms with Crippen molar-refractivity contribution in [1.82, 2.24) is 9.78 Å². The molecule has 1 N–H and O–H groups in total. The van der Waals surface area contributed by atoms with Crippen molar-refractivity contribution in [2.45, 2.75) is 58.4 Å². The molecule has 0 amide bonds. The molecule has 0 unspecified atom stereocenters. The largest absolute Gasteiger partial charge is 0.481 e. The summed E-state index contributed by atoms with van der Waals surface area (Å²) < 4.78 is 1.91. The van der Waals surface area contributed by atoms with Gasteiger partial charge in [-0.2, -0.15) is 5.10 Å². The number of aromatic nitrogens is 2. The fourth-order valence-electron chi connectivity index (χ4n) is 3.25. The van der Waals surface area contributed by atoms with Crippen molar-refractivity contribution in [2.24, 2.45) is 0 Å². The average molecular weight is 236 g/mol. The van der Waals surface area contributed by atoms with Crippen LogP contribution in [0.2, 0.25) is 0 Å². The van der Waals surface area contributed by atoms with E-state index >= 15 is 0 Å². The zero-order valence-corrected chi connectivity index (χ0v) is 10.8. The maximum Gasteiger partial charge on any atom is 0.314 e. The van der Waals surface area contributed by atoms with Gasteiger partial charge in [0.25, 0.3) is 0 Å². The fourth-order valence-corrected chi connectivity index (χ4v) is 3.25. The Morgan fingerprint density at radius 2 is 2.00 bits per heavy atom. The van der Waals surface area contributed by atoms with E-state index in [0.717, 1.165) is 49.2 Å². The maximum absolute atomic E-state index is 11.7. The van der Waals surface area contributed by atoms with Crippen LogP contribution < -0.4 is 0 Å². The number of nitrogens with zero attached hydrogens (tertiary/aromatic N) is 2. The van der Waals surface area contributed by atoms with E-state index in [2.05, 4.69) is 5.10 Å². The number of aliphatic carboxylic acids is 1.